The van der Waals surface area contributed by atoms with Crippen LogP contribution in [-0.2, 0) is 6.54 Å². The monoisotopic (exact) mass is 244 g/mol. The summed E-state index contributed by atoms with van der Waals surface area (Å²) in [6, 6.07) is 5.74. The summed E-state index contributed by atoms with van der Waals surface area (Å²) in [6.45, 7) is 4.54. The second-order valence-corrected chi connectivity index (χ2v) is 4.37. The highest BCUT2D eigenvalue weighted by Gasteiger charge is 2.18. The summed E-state index contributed by atoms with van der Waals surface area (Å²) in [6.07, 6.45) is 1.05. The molecule has 0 unspecified atom stereocenters. The first-order chi connectivity index (χ1) is 7.15. The van der Waals surface area contributed by atoms with Gasteiger partial charge in [0.05, 0.1) is 0 Å². The van der Waals surface area contributed by atoms with Crippen LogP contribution in [0.3, 0.4) is 0 Å². The molecule has 0 aromatic heterocycles. The van der Waals surface area contributed by atoms with Gasteiger partial charge in [0.2, 0.25) is 0 Å². The lowest BCUT2D eigenvalue weighted by Gasteiger charge is -2.15. The molecule has 1 aliphatic heterocycles. The Morgan fingerprint density at radius 2 is 2.25 bits per heavy atom. The van der Waals surface area contributed by atoms with Crippen molar-refractivity contribution in [2.75, 3.05) is 13.1 Å². The van der Waals surface area contributed by atoms with Crippen LogP contribution in [0.25, 0.3) is 0 Å². The number of hydrogen-bond acceptors (Lipinski definition) is 2. The molecule has 1 aliphatic rings. The quantitative estimate of drug-likeness (QED) is 0.863. The molecule has 4 heteroatoms. The molecule has 1 fully saturated rings. The average molecular weight is 245 g/mol. The van der Waals surface area contributed by atoms with E-state index in [4.69, 9.17) is 5.73 Å². The number of aryl methyl sites for hydroxylation is 1. The van der Waals surface area contributed by atoms with E-state index in [2.05, 4.69) is 4.90 Å². The van der Waals surface area contributed by atoms with Crippen LogP contribution in [-0.4, -0.2) is 24.0 Å². The van der Waals surface area contributed by atoms with Gasteiger partial charge in [0.25, 0.3) is 0 Å². The van der Waals surface area contributed by atoms with E-state index in [1.807, 2.05) is 12.1 Å². The van der Waals surface area contributed by atoms with Crippen molar-refractivity contribution >= 4 is 12.4 Å². The Hall–Kier alpha value is -0.640. The highest BCUT2D eigenvalue weighted by atomic mass is 35.5. The number of benzene rings is 1. The zero-order chi connectivity index (χ0) is 10.8. The third-order valence-corrected chi connectivity index (χ3v) is 2.95. The molecule has 0 bridgehead atoms. The Morgan fingerprint density at radius 1 is 1.50 bits per heavy atom. The van der Waals surface area contributed by atoms with Crippen LogP contribution in [0.15, 0.2) is 18.2 Å². The van der Waals surface area contributed by atoms with Crippen molar-refractivity contribution in [1.29, 1.82) is 0 Å². The fourth-order valence-corrected chi connectivity index (χ4v) is 2.00. The van der Waals surface area contributed by atoms with Gasteiger partial charge < -0.3 is 5.73 Å². The number of likely N-dealkylation sites (tertiary alicyclic amines) is 1. The number of nitrogens with two attached hydrogens (primary N) is 1. The average Bonchev–Trinajstić information content (AvgIpc) is 2.58. The molecule has 1 heterocycles. The zero-order valence-corrected chi connectivity index (χ0v) is 10.3. The van der Waals surface area contributed by atoms with Crippen molar-refractivity contribution in [3.8, 4) is 0 Å². The van der Waals surface area contributed by atoms with Crippen molar-refractivity contribution < 1.29 is 4.39 Å². The Kier molecular flexibility index (Phi) is 4.71. The lowest BCUT2D eigenvalue weighted by atomic mass is 10.1. The van der Waals surface area contributed by atoms with Gasteiger partial charge >= 0.3 is 0 Å². The van der Waals surface area contributed by atoms with E-state index in [1.54, 1.807) is 13.0 Å². The largest absolute Gasteiger partial charge is 0.326 e. The molecule has 1 aromatic rings. The first-order valence-corrected chi connectivity index (χ1v) is 5.38. The van der Waals surface area contributed by atoms with Crippen molar-refractivity contribution in [2.24, 2.45) is 5.73 Å². The van der Waals surface area contributed by atoms with Crippen molar-refractivity contribution in [2.45, 2.75) is 25.9 Å². The minimum Gasteiger partial charge on any atom is -0.326 e. The predicted molar refractivity (Wildman–Crippen MR) is 66.3 cm³/mol. The van der Waals surface area contributed by atoms with Gasteiger partial charge in [-0.1, -0.05) is 12.1 Å². The maximum Gasteiger partial charge on any atom is 0.126 e. The Balaban J connectivity index is 0.00000128. The summed E-state index contributed by atoms with van der Waals surface area (Å²) in [5.74, 6) is -0.115. The molecular formula is C12H18ClFN2. The van der Waals surface area contributed by atoms with Gasteiger partial charge in [0.1, 0.15) is 5.82 Å². The molecule has 1 aromatic carbocycles. The van der Waals surface area contributed by atoms with E-state index < -0.39 is 0 Å². The van der Waals surface area contributed by atoms with Gasteiger partial charge in [-0.3, -0.25) is 4.90 Å². The molecule has 2 N–H and O–H groups in total. The SMILES string of the molecule is Cc1ccc(CN2CC[C@H](N)C2)cc1F.Cl. The van der Waals surface area contributed by atoms with E-state index in [1.165, 1.54) is 0 Å². The normalized spacial score (nSPS) is 20.8. The molecular weight excluding hydrogens is 227 g/mol. The van der Waals surface area contributed by atoms with Crippen LogP contribution < -0.4 is 5.73 Å². The van der Waals surface area contributed by atoms with Crippen molar-refractivity contribution in [3.63, 3.8) is 0 Å². The summed E-state index contributed by atoms with van der Waals surface area (Å²) in [7, 11) is 0. The zero-order valence-electron chi connectivity index (χ0n) is 9.45. The number of hydrogen-bond donors (Lipinski definition) is 1. The molecule has 90 valence electrons. The number of halogens is 2. The van der Waals surface area contributed by atoms with Gasteiger partial charge in [0.15, 0.2) is 0 Å². The highest BCUT2D eigenvalue weighted by molar-refractivity contribution is 5.85. The second kappa shape index (κ2) is 5.62. The van der Waals surface area contributed by atoms with Gasteiger partial charge in [0, 0.05) is 25.7 Å². The molecule has 0 aliphatic carbocycles. The minimum atomic E-state index is -0.115. The fraction of sp³-hybridized carbons (Fsp3) is 0.500. The first-order valence-electron chi connectivity index (χ1n) is 5.38. The molecule has 2 nitrogen and oxygen atoms in total. The molecule has 0 spiro atoms. The number of nitrogens with zero attached hydrogens (tertiary/aromatic N) is 1. The fourth-order valence-electron chi connectivity index (χ4n) is 2.00. The van der Waals surface area contributed by atoms with Crippen LogP contribution in [0.2, 0.25) is 0 Å². The Bertz CT molecular complexity index is 357. The molecule has 0 radical (unpaired) electrons. The maximum atomic E-state index is 13.3. The van der Waals surface area contributed by atoms with Gasteiger partial charge in [-0.05, 0) is 30.5 Å². The summed E-state index contributed by atoms with van der Waals surface area (Å²) >= 11 is 0. The smallest absolute Gasteiger partial charge is 0.126 e. The molecule has 1 atom stereocenters. The van der Waals surface area contributed by atoms with E-state index in [0.717, 1.165) is 31.6 Å². The second-order valence-electron chi connectivity index (χ2n) is 4.37. The van der Waals surface area contributed by atoms with E-state index >= 15 is 0 Å². The molecule has 0 amide bonds. The topological polar surface area (TPSA) is 29.3 Å². The van der Waals surface area contributed by atoms with Crippen molar-refractivity contribution in [1.82, 2.24) is 4.90 Å². The van der Waals surface area contributed by atoms with Crippen LogP contribution in [0.1, 0.15) is 17.5 Å². The van der Waals surface area contributed by atoms with Gasteiger partial charge in [-0.15, -0.1) is 12.4 Å². The molecule has 0 saturated carbocycles. The van der Waals surface area contributed by atoms with E-state index in [-0.39, 0.29) is 18.2 Å². The van der Waals surface area contributed by atoms with E-state index in [9.17, 15) is 4.39 Å². The lowest BCUT2D eigenvalue weighted by molar-refractivity contribution is 0.326. The van der Waals surface area contributed by atoms with Crippen molar-refractivity contribution in [3.05, 3.63) is 35.1 Å². The highest BCUT2D eigenvalue weighted by Crippen LogP contribution is 2.14. The minimum absolute atomic E-state index is 0. The van der Waals surface area contributed by atoms with Crippen LogP contribution >= 0.6 is 12.4 Å². The van der Waals surface area contributed by atoms with Gasteiger partial charge in [-0.2, -0.15) is 0 Å². The third kappa shape index (κ3) is 3.17. The summed E-state index contributed by atoms with van der Waals surface area (Å²) < 4.78 is 13.3. The summed E-state index contributed by atoms with van der Waals surface area (Å²) in [4.78, 5) is 2.27. The standard InChI is InChI=1S/C12H17FN2.ClH/c1-9-2-3-10(6-12(9)13)7-15-5-4-11(14)8-15;/h2-3,6,11H,4-5,7-8,14H2,1H3;1H/t11-;/m0./s1. The predicted octanol–water partition coefficient (Wildman–Crippen LogP) is 2.09. The summed E-state index contributed by atoms with van der Waals surface area (Å²) in [5.41, 5.74) is 7.56. The molecule has 16 heavy (non-hydrogen) atoms. The first kappa shape index (κ1) is 13.4. The van der Waals surface area contributed by atoms with Crippen LogP contribution in [0, 0.1) is 12.7 Å². The molecule has 1 saturated heterocycles. The lowest BCUT2D eigenvalue weighted by Crippen LogP contribution is -2.26. The number of rotatable bonds is 2. The van der Waals surface area contributed by atoms with Crippen LogP contribution in [0.5, 0.6) is 0 Å². The Labute approximate surface area is 102 Å². The van der Waals surface area contributed by atoms with Crippen LogP contribution in [0.4, 0.5) is 4.39 Å². The third-order valence-electron chi connectivity index (χ3n) is 2.95. The van der Waals surface area contributed by atoms with Gasteiger partial charge in [-0.25, -0.2) is 4.39 Å². The summed E-state index contributed by atoms with van der Waals surface area (Å²) in [5, 5.41) is 0. The Morgan fingerprint density at radius 3 is 2.81 bits per heavy atom. The maximum absolute atomic E-state index is 13.3. The van der Waals surface area contributed by atoms with E-state index in [0.29, 0.717) is 11.6 Å². The molecule has 2 rings (SSSR count).